The Morgan fingerprint density at radius 2 is 2.00 bits per heavy atom. The normalized spacial score (nSPS) is 26.0. The fourth-order valence-electron chi connectivity index (χ4n) is 3.72. The third-order valence-corrected chi connectivity index (χ3v) is 5.12. The molecule has 120 valence electrons. The zero-order valence-electron chi connectivity index (χ0n) is 13.7. The van der Waals surface area contributed by atoms with Crippen molar-refractivity contribution in [2.24, 2.45) is 0 Å². The third kappa shape index (κ3) is 3.18. The van der Waals surface area contributed by atoms with Crippen LogP contribution in [0.25, 0.3) is 0 Å². The highest BCUT2D eigenvalue weighted by molar-refractivity contribution is 5.83. The lowest BCUT2D eigenvalue weighted by atomic mass is 10.0. The van der Waals surface area contributed by atoms with Crippen LogP contribution < -0.4 is 5.32 Å². The van der Waals surface area contributed by atoms with Gasteiger partial charge in [-0.1, -0.05) is 37.3 Å². The number of likely N-dealkylation sites (N-methyl/N-ethyl adjacent to an activating group) is 1. The van der Waals surface area contributed by atoms with E-state index >= 15 is 0 Å². The number of benzene rings is 1. The van der Waals surface area contributed by atoms with Crippen molar-refractivity contribution in [2.75, 3.05) is 26.7 Å². The molecule has 0 saturated carbocycles. The van der Waals surface area contributed by atoms with Crippen molar-refractivity contribution in [1.82, 2.24) is 15.1 Å². The molecule has 3 unspecified atom stereocenters. The first-order valence-electron chi connectivity index (χ1n) is 8.49. The topological polar surface area (TPSA) is 35.6 Å². The van der Waals surface area contributed by atoms with Crippen LogP contribution in [-0.2, 0) is 4.79 Å². The van der Waals surface area contributed by atoms with Gasteiger partial charge in [0.15, 0.2) is 0 Å². The second-order valence-electron chi connectivity index (χ2n) is 6.60. The average Bonchev–Trinajstić information content (AvgIpc) is 2.87. The maximum atomic E-state index is 13.2. The largest absolute Gasteiger partial charge is 0.339 e. The highest BCUT2D eigenvalue weighted by Crippen LogP contribution is 2.26. The van der Waals surface area contributed by atoms with Gasteiger partial charge in [0.2, 0.25) is 5.91 Å². The van der Waals surface area contributed by atoms with Crippen LogP contribution in [0.15, 0.2) is 30.3 Å². The Labute approximate surface area is 133 Å². The Hall–Kier alpha value is -1.39. The summed E-state index contributed by atoms with van der Waals surface area (Å²) in [4.78, 5) is 17.4. The molecule has 2 aliphatic rings. The SMILES string of the molecule is CCN(C)C(C(=O)N1CCC2CCC(C1)N2)c1ccccc1. The second-order valence-corrected chi connectivity index (χ2v) is 6.60. The van der Waals surface area contributed by atoms with Crippen LogP contribution >= 0.6 is 0 Å². The fraction of sp³-hybridized carbons (Fsp3) is 0.611. The van der Waals surface area contributed by atoms with Gasteiger partial charge in [-0.05, 0) is 38.4 Å². The van der Waals surface area contributed by atoms with E-state index in [-0.39, 0.29) is 11.9 Å². The Morgan fingerprint density at radius 1 is 1.27 bits per heavy atom. The first kappa shape index (κ1) is 15.5. The summed E-state index contributed by atoms with van der Waals surface area (Å²) in [5.74, 6) is 0.255. The Bertz CT molecular complexity index is 504. The molecule has 0 radical (unpaired) electrons. The summed E-state index contributed by atoms with van der Waals surface area (Å²) in [7, 11) is 2.04. The lowest BCUT2D eigenvalue weighted by Gasteiger charge is -2.33. The molecule has 0 aromatic heterocycles. The Kier molecular flexibility index (Phi) is 4.79. The van der Waals surface area contributed by atoms with E-state index in [1.54, 1.807) is 0 Å². The minimum absolute atomic E-state index is 0.164. The van der Waals surface area contributed by atoms with Gasteiger partial charge in [-0.3, -0.25) is 9.69 Å². The molecule has 2 heterocycles. The van der Waals surface area contributed by atoms with Crippen LogP contribution in [0.2, 0.25) is 0 Å². The Morgan fingerprint density at radius 3 is 2.73 bits per heavy atom. The molecule has 4 heteroatoms. The summed E-state index contributed by atoms with van der Waals surface area (Å²) >= 11 is 0. The van der Waals surface area contributed by atoms with Crippen LogP contribution in [0, 0.1) is 0 Å². The molecule has 1 aromatic carbocycles. The van der Waals surface area contributed by atoms with Gasteiger partial charge in [-0.2, -0.15) is 0 Å². The van der Waals surface area contributed by atoms with Gasteiger partial charge in [0.1, 0.15) is 6.04 Å². The van der Waals surface area contributed by atoms with Gasteiger partial charge >= 0.3 is 0 Å². The number of likely N-dealkylation sites (tertiary alicyclic amines) is 1. The second kappa shape index (κ2) is 6.80. The molecule has 4 nitrogen and oxygen atoms in total. The van der Waals surface area contributed by atoms with E-state index in [0.29, 0.717) is 12.1 Å². The lowest BCUT2D eigenvalue weighted by Crippen LogP contribution is -2.45. The van der Waals surface area contributed by atoms with E-state index < -0.39 is 0 Å². The number of nitrogens with one attached hydrogen (secondary N) is 1. The van der Waals surface area contributed by atoms with E-state index in [4.69, 9.17) is 0 Å². The number of nitrogens with zero attached hydrogens (tertiary/aromatic N) is 2. The van der Waals surface area contributed by atoms with Gasteiger partial charge in [0, 0.05) is 25.2 Å². The van der Waals surface area contributed by atoms with Gasteiger partial charge < -0.3 is 10.2 Å². The van der Waals surface area contributed by atoms with E-state index in [0.717, 1.165) is 31.6 Å². The van der Waals surface area contributed by atoms with Crippen LogP contribution in [0.4, 0.5) is 0 Å². The van der Waals surface area contributed by atoms with Crippen molar-refractivity contribution in [3.8, 4) is 0 Å². The maximum Gasteiger partial charge on any atom is 0.244 e. The van der Waals surface area contributed by atoms with Crippen molar-refractivity contribution >= 4 is 5.91 Å². The highest BCUT2D eigenvalue weighted by Gasteiger charge is 2.35. The predicted octanol–water partition coefficient (Wildman–Crippen LogP) is 2.03. The quantitative estimate of drug-likeness (QED) is 0.924. The molecule has 22 heavy (non-hydrogen) atoms. The van der Waals surface area contributed by atoms with E-state index in [2.05, 4.69) is 34.2 Å². The molecule has 3 atom stereocenters. The predicted molar refractivity (Wildman–Crippen MR) is 88.6 cm³/mol. The Balaban J connectivity index is 1.80. The number of hydrogen-bond acceptors (Lipinski definition) is 3. The zero-order chi connectivity index (χ0) is 15.5. The van der Waals surface area contributed by atoms with Crippen LogP contribution in [0.5, 0.6) is 0 Å². The number of rotatable bonds is 4. The first-order valence-corrected chi connectivity index (χ1v) is 8.49. The van der Waals surface area contributed by atoms with Crippen LogP contribution in [0.1, 0.15) is 37.8 Å². The molecular weight excluding hydrogens is 274 g/mol. The van der Waals surface area contributed by atoms with E-state index in [1.807, 2.05) is 25.2 Å². The molecule has 0 spiro atoms. The minimum atomic E-state index is -0.164. The molecule has 2 fully saturated rings. The maximum absolute atomic E-state index is 13.2. The van der Waals surface area contributed by atoms with Gasteiger partial charge in [-0.15, -0.1) is 0 Å². The standard InChI is InChI=1S/C18H27N3O/c1-3-20(2)17(14-7-5-4-6-8-14)18(22)21-12-11-15-9-10-16(13-21)19-15/h4-8,15-17,19H,3,9-13H2,1-2H3. The molecule has 2 saturated heterocycles. The van der Waals surface area contributed by atoms with Crippen molar-refractivity contribution in [2.45, 2.75) is 44.3 Å². The molecule has 0 aliphatic carbocycles. The molecular formula is C18H27N3O. The van der Waals surface area contributed by atoms with Gasteiger partial charge in [-0.25, -0.2) is 0 Å². The van der Waals surface area contributed by atoms with Crippen molar-refractivity contribution < 1.29 is 4.79 Å². The number of amides is 1. The number of hydrogen-bond donors (Lipinski definition) is 1. The van der Waals surface area contributed by atoms with Crippen molar-refractivity contribution in [1.29, 1.82) is 0 Å². The smallest absolute Gasteiger partial charge is 0.244 e. The summed E-state index contributed by atoms with van der Waals surface area (Å²) < 4.78 is 0. The molecule has 1 amide bonds. The molecule has 3 rings (SSSR count). The monoisotopic (exact) mass is 301 g/mol. The summed E-state index contributed by atoms with van der Waals surface area (Å²) in [6.07, 6.45) is 3.55. The summed E-state index contributed by atoms with van der Waals surface area (Å²) in [6.45, 7) is 4.71. The minimum Gasteiger partial charge on any atom is -0.339 e. The summed E-state index contributed by atoms with van der Waals surface area (Å²) in [6, 6.07) is 11.1. The van der Waals surface area contributed by atoms with E-state index in [9.17, 15) is 4.79 Å². The van der Waals surface area contributed by atoms with Crippen molar-refractivity contribution in [3.05, 3.63) is 35.9 Å². The molecule has 2 bridgehead atoms. The first-order chi connectivity index (χ1) is 10.7. The summed E-state index contributed by atoms with van der Waals surface area (Å²) in [5.41, 5.74) is 1.10. The summed E-state index contributed by atoms with van der Waals surface area (Å²) in [5, 5.41) is 3.65. The number of fused-ring (bicyclic) bond motifs is 2. The highest BCUT2D eigenvalue weighted by atomic mass is 16.2. The van der Waals surface area contributed by atoms with Gasteiger partial charge in [0.25, 0.3) is 0 Å². The molecule has 1 aromatic rings. The average molecular weight is 301 g/mol. The molecule has 2 aliphatic heterocycles. The molecule has 1 N–H and O–H groups in total. The lowest BCUT2D eigenvalue weighted by molar-refractivity contribution is -0.137. The zero-order valence-corrected chi connectivity index (χ0v) is 13.7. The van der Waals surface area contributed by atoms with Gasteiger partial charge in [0.05, 0.1) is 0 Å². The number of carbonyl (C=O) groups is 1. The fourth-order valence-corrected chi connectivity index (χ4v) is 3.72. The van der Waals surface area contributed by atoms with E-state index in [1.165, 1.54) is 12.8 Å². The number of carbonyl (C=O) groups excluding carboxylic acids is 1. The van der Waals surface area contributed by atoms with Crippen LogP contribution in [0.3, 0.4) is 0 Å². The van der Waals surface area contributed by atoms with Crippen LogP contribution in [-0.4, -0.2) is 54.5 Å². The van der Waals surface area contributed by atoms with Crippen molar-refractivity contribution in [3.63, 3.8) is 0 Å². The third-order valence-electron chi connectivity index (χ3n) is 5.12.